The van der Waals surface area contributed by atoms with Crippen molar-refractivity contribution in [1.29, 1.82) is 0 Å². The van der Waals surface area contributed by atoms with Crippen molar-refractivity contribution in [3.05, 3.63) is 29.0 Å². The summed E-state index contributed by atoms with van der Waals surface area (Å²) in [7, 11) is 0. The van der Waals surface area contributed by atoms with Crippen molar-refractivity contribution in [2.24, 2.45) is 0 Å². The number of hydrogen-bond acceptors (Lipinski definition) is 3. The highest BCUT2D eigenvalue weighted by molar-refractivity contribution is 6.31. The molecule has 0 aliphatic rings. The summed E-state index contributed by atoms with van der Waals surface area (Å²) < 4.78 is 5.06. The molecule has 0 fully saturated rings. The van der Waals surface area contributed by atoms with Crippen LogP contribution in [0.2, 0.25) is 5.02 Å². The Kier molecular flexibility index (Phi) is 4.99. The molecule has 5 heteroatoms. The third-order valence-corrected chi connectivity index (χ3v) is 2.04. The highest BCUT2D eigenvalue weighted by Gasteiger charge is 2.14. The fraction of sp³-hybridized carbons (Fsp3) is 0.385. The first-order valence-electron chi connectivity index (χ1n) is 5.44. The van der Waals surface area contributed by atoms with E-state index in [0.717, 1.165) is 0 Å². The first kappa shape index (κ1) is 14.3. The fourth-order valence-electron chi connectivity index (χ4n) is 1.04. The molecule has 0 aromatic carbocycles. The van der Waals surface area contributed by atoms with Crippen molar-refractivity contribution in [1.82, 2.24) is 10.3 Å². The Labute approximate surface area is 112 Å². The summed E-state index contributed by atoms with van der Waals surface area (Å²) in [6, 6.07) is 1.66. The lowest BCUT2D eigenvalue weighted by Gasteiger charge is -2.18. The molecule has 1 N–H and O–H groups in total. The van der Waals surface area contributed by atoms with Gasteiger partial charge in [-0.2, -0.15) is 0 Å². The lowest BCUT2D eigenvalue weighted by Crippen LogP contribution is -2.32. The van der Waals surface area contributed by atoms with Gasteiger partial charge in [-0.05, 0) is 26.8 Å². The Morgan fingerprint density at radius 1 is 1.56 bits per heavy atom. The maximum atomic E-state index is 11.3. The van der Waals surface area contributed by atoms with Crippen molar-refractivity contribution in [3.8, 4) is 11.8 Å². The van der Waals surface area contributed by atoms with Gasteiger partial charge in [-0.1, -0.05) is 23.4 Å². The molecule has 0 saturated carbocycles. The summed E-state index contributed by atoms with van der Waals surface area (Å²) in [4.78, 5) is 15.2. The summed E-state index contributed by atoms with van der Waals surface area (Å²) in [5, 5.41) is 3.07. The quantitative estimate of drug-likeness (QED) is 0.795. The van der Waals surface area contributed by atoms with Crippen LogP contribution in [0.15, 0.2) is 18.5 Å². The van der Waals surface area contributed by atoms with Gasteiger partial charge in [0.05, 0.1) is 17.1 Å². The first-order valence-corrected chi connectivity index (χ1v) is 5.81. The van der Waals surface area contributed by atoms with Crippen LogP contribution in [0.3, 0.4) is 0 Å². The second kappa shape index (κ2) is 6.27. The number of halogens is 1. The van der Waals surface area contributed by atoms with Crippen LogP contribution in [-0.4, -0.2) is 23.2 Å². The molecule has 0 atom stereocenters. The molecule has 0 spiro atoms. The van der Waals surface area contributed by atoms with Gasteiger partial charge in [0.2, 0.25) is 0 Å². The largest absolute Gasteiger partial charge is 0.444 e. The molecule has 0 aliphatic heterocycles. The number of pyridine rings is 1. The molecule has 18 heavy (non-hydrogen) atoms. The minimum atomic E-state index is -0.510. The third-order valence-electron chi connectivity index (χ3n) is 1.71. The van der Waals surface area contributed by atoms with E-state index in [2.05, 4.69) is 22.1 Å². The van der Waals surface area contributed by atoms with Gasteiger partial charge < -0.3 is 10.1 Å². The van der Waals surface area contributed by atoms with E-state index in [9.17, 15) is 4.79 Å². The van der Waals surface area contributed by atoms with Crippen molar-refractivity contribution >= 4 is 17.7 Å². The number of carbonyl (C=O) groups excluding carboxylic acids is 1. The van der Waals surface area contributed by atoms with Gasteiger partial charge >= 0.3 is 6.09 Å². The van der Waals surface area contributed by atoms with Crippen LogP contribution >= 0.6 is 11.6 Å². The number of hydrogen-bond donors (Lipinski definition) is 1. The standard InChI is InChI=1S/C13H15ClN2O2/c1-13(2,3)18-12(17)16-7-4-5-10-9-15-8-6-11(10)14/h6,8-9H,7H2,1-3H3,(H,16,17). The fourth-order valence-corrected chi connectivity index (χ4v) is 1.19. The van der Waals surface area contributed by atoms with Crippen LogP contribution < -0.4 is 5.32 Å². The van der Waals surface area contributed by atoms with Gasteiger partial charge in [-0.25, -0.2) is 4.79 Å². The van der Waals surface area contributed by atoms with Gasteiger partial charge in [0.15, 0.2) is 0 Å². The molecule has 1 rings (SSSR count). The molecule has 0 saturated heterocycles. The lowest BCUT2D eigenvalue weighted by molar-refractivity contribution is 0.0535. The molecule has 1 aromatic rings. The molecule has 1 heterocycles. The number of rotatable bonds is 1. The summed E-state index contributed by atoms with van der Waals surface area (Å²) in [6.45, 7) is 5.59. The molecular formula is C13H15ClN2O2. The van der Waals surface area contributed by atoms with Crippen LogP contribution in [0, 0.1) is 11.8 Å². The number of nitrogens with zero attached hydrogens (tertiary/aromatic N) is 1. The molecule has 0 bridgehead atoms. The number of ether oxygens (including phenoxy) is 1. The number of nitrogens with one attached hydrogen (secondary N) is 1. The maximum Gasteiger partial charge on any atom is 0.408 e. The molecule has 0 unspecified atom stereocenters. The number of carbonyl (C=O) groups is 1. The average molecular weight is 267 g/mol. The van der Waals surface area contributed by atoms with E-state index in [1.807, 2.05) is 0 Å². The third kappa shape index (κ3) is 5.55. The summed E-state index contributed by atoms with van der Waals surface area (Å²) >= 11 is 5.90. The molecule has 0 radical (unpaired) electrons. The molecule has 4 nitrogen and oxygen atoms in total. The minimum Gasteiger partial charge on any atom is -0.444 e. The minimum absolute atomic E-state index is 0.195. The highest BCUT2D eigenvalue weighted by Crippen LogP contribution is 2.11. The normalized spacial score (nSPS) is 10.2. The molecule has 96 valence electrons. The van der Waals surface area contributed by atoms with E-state index >= 15 is 0 Å². The lowest BCUT2D eigenvalue weighted by atomic mass is 10.2. The van der Waals surface area contributed by atoms with Crippen LogP contribution in [0.1, 0.15) is 26.3 Å². The zero-order valence-electron chi connectivity index (χ0n) is 10.6. The number of aromatic nitrogens is 1. The van der Waals surface area contributed by atoms with Gasteiger partial charge in [-0.15, -0.1) is 0 Å². The molecular weight excluding hydrogens is 252 g/mol. The van der Waals surface area contributed by atoms with Crippen LogP contribution in [0.5, 0.6) is 0 Å². The molecule has 1 amide bonds. The summed E-state index contributed by atoms with van der Waals surface area (Å²) in [5.74, 6) is 5.59. The molecule has 0 aliphatic carbocycles. The second-order valence-electron chi connectivity index (χ2n) is 4.51. The van der Waals surface area contributed by atoms with Gasteiger partial charge in [-0.3, -0.25) is 4.98 Å². The summed E-state index contributed by atoms with van der Waals surface area (Å²) in [6.07, 6.45) is 2.67. The predicted molar refractivity (Wildman–Crippen MR) is 70.4 cm³/mol. The van der Waals surface area contributed by atoms with Crippen molar-refractivity contribution in [3.63, 3.8) is 0 Å². The van der Waals surface area contributed by atoms with E-state index < -0.39 is 11.7 Å². The first-order chi connectivity index (χ1) is 8.38. The topological polar surface area (TPSA) is 51.2 Å². The van der Waals surface area contributed by atoms with E-state index in [0.29, 0.717) is 10.6 Å². The zero-order valence-corrected chi connectivity index (χ0v) is 11.3. The zero-order chi connectivity index (χ0) is 13.6. The van der Waals surface area contributed by atoms with E-state index in [4.69, 9.17) is 16.3 Å². The Morgan fingerprint density at radius 2 is 2.28 bits per heavy atom. The number of alkyl carbamates (subject to hydrolysis) is 1. The van der Waals surface area contributed by atoms with Crippen LogP contribution in [-0.2, 0) is 4.74 Å². The van der Waals surface area contributed by atoms with E-state index in [1.54, 1.807) is 39.2 Å². The van der Waals surface area contributed by atoms with Gasteiger partial charge in [0, 0.05) is 12.4 Å². The van der Waals surface area contributed by atoms with E-state index in [-0.39, 0.29) is 6.54 Å². The Bertz CT molecular complexity index is 484. The molecule has 1 aromatic heterocycles. The Morgan fingerprint density at radius 3 is 2.89 bits per heavy atom. The monoisotopic (exact) mass is 266 g/mol. The van der Waals surface area contributed by atoms with Crippen molar-refractivity contribution in [2.75, 3.05) is 6.54 Å². The maximum absolute atomic E-state index is 11.3. The summed E-state index contributed by atoms with van der Waals surface area (Å²) in [5.41, 5.74) is 0.120. The van der Waals surface area contributed by atoms with Crippen LogP contribution in [0.25, 0.3) is 0 Å². The smallest absolute Gasteiger partial charge is 0.408 e. The van der Waals surface area contributed by atoms with Crippen molar-refractivity contribution in [2.45, 2.75) is 26.4 Å². The van der Waals surface area contributed by atoms with Crippen LogP contribution in [0.4, 0.5) is 4.79 Å². The van der Waals surface area contributed by atoms with Gasteiger partial charge in [0.1, 0.15) is 5.60 Å². The second-order valence-corrected chi connectivity index (χ2v) is 4.92. The Hall–Kier alpha value is -1.73. The van der Waals surface area contributed by atoms with Gasteiger partial charge in [0.25, 0.3) is 0 Å². The highest BCUT2D eigenvalue weighted by atomic mass is 35.5. The Balaban J connectivity index is 2.44. The average Bonchev–Trinajstić information content (AvgIpc) is 2.24. The SMILES string of the molecule is CC(C)(C)OC(=O)NCC#Cc1cnccc1Cl. The van der Waals surface area contributed by atoms with Crippen molar-refractivity contribution < 1.29 is 9.53 Å². The predicted octanol–water partition coefficient (Wildman–Crippen LogP) is 2.61. The number of amides is 1. The van der Waals surface area contributed by atoms with E-state index in [1.165, 1.54) is 0 Å².